The molecule has 3 aliphatic carbocycles. The lowest BCUT2D eigenvalue weighted by Crippen LogP contribution is -2.69. The summed E-state index contributed by atoms with van der Waals surface area (Å²) in [6, 6.07) is 16.3. The molecular formula is C31H40N2O4S. The smallest absolute Gasteiger partial charge is 0.218 e. The fourth-order valence-corrected chi connectivity index (χ4v) is 10.4. The summed E-state index contributed by atoms with van der Waals surface area (Å²) >= 11 is 0. The van der Waals surface area contributed by atoms with Crippen LogP contribution in [0.25, 0.3) is 0 Å². The van der Waals surface area contributed by atoms with Crippen molar-refractivity contribution in [3.63, 3.8) is 0 Å². The molecule has 0 radical (unpaired) electrons. The number of sulfonamides is 1. The van der Waals surface area contributed by atoms with Gasteiger partial charge in [-0.2, -0.15) is 4.31 Å². The van der Waals surface area contributed by atoms with Gasteiger partial charge in [0, 0.05) is 36.0 Å². The Morgan fingerprint density at radius 1 is 1.13 bits per heavy atom. The minimum absolute atomic E-state index is 0.0263. The van der Waals surface area contributed by atoms with Crippen LogP contribution in [0.2, 0.25) is 0 Å². The third kappa shape index (κ3) is 3.87. The quantitative estimate of drug-likeness (QED) is 0.553. The Bertz CT molecular complexity index is 1310. The minimum atomic E-state index is -3.55. The van der Waals surface area contributed by atoms with Crippen LogP contribution in [0.5, 0.6) is 5.75 Å². The SMILES string of the molecule is CC(C)CN([C@H]1CC[C@H]2[C@H]3Cc4cccc5c4[C@@]2(CCN3CC2CC2O)[C@H]1O5)S(=O)(=O)Cc1ccccc1. The molecule has 2 unspecified atom stereocenters. The molecule has 7 atom stereocenters. The number of hydrogen-bond acceptors (Lipinski definition) is 5. The molecule has 7 rings (SSSR count). The lowest BCUT2D eigenvalue weighted by Gasteiger charge is -2.60. The first-order chi connectivity index (χ1) is 18.3. The van der Waals surface area contributed by atoms with E-state index in [1.54, 1.807) is 0 Å². The molecule has 1 N–H and O–H groups in total. The molecule has 2 aromatic rings. The number of piperidine rings is 1. The first-order valence-electron chi connectivity index (χ1n) is 14.5. The van der Waals surface area contributed by atoms with E-state index in [4.69, 9.17) is 4.74 Å². The van der Waals surface area contributed by atoms with E-state index in [9.17, 15) is 13.5 Å². The molecule has 204 valence electrons. The predicted octanol–water partition coefficient (Wildman–Crippen LogP) is 3.96. The number of benzene rings is 2. The van der Waals surface area contributed by atoms with Crippen LogP contribution in [0, 0.1) is 17.8 Å². The zero-order valence-electron chi connectivity index (χ0n) is 22.5. The van der Waals surface area contributed by atoms with E-state index in [0.717, 1.165) is 56.5 Å². The van der Waals surface area contributed by atoms with Crippen LogP contribution in [0.15, 0.2) is 48.5 Å². The third-order valence-electron chi connectivity index (χ3n) is 10.1. The van der Waals surface area contributed by atoms with Crippen LogP contribution >= 0.6 is 0 Å². The topological polar surface area (TPSA) is 70.1 Å². The zero-order valence-corrected chi connectivity index (χ0v) is 23.3. The van der Waals surface area contributed by atoms with Crippen LogP contribution in [-0.4, -0.2) is 66.7 Å². The maximum Gasteiger partial charge on any atom is 0.218 e. The highest BCUT2D eigenvalue weighted by Gasteiger charge is 2.66. The molecule has 2 aliphatic heterocycles. The standard InChI is InChI=1S/C31H40N2O4S/c1-20(2)17-33(38(35,36)19-21-7-4-3-5-8-21)25-12-11-24-26-15-22-9-6-10-28-29(22)31(24,30(25)37-28)13-14-32(26)18-23-16-27(23)34/h3-10,20,23-27,30,34H,11-19H2,1-2H3/t23?,24-,25-,26+,27?,30-,31-/m0/s1. The van der Waals surface area contributed by atoms with Crippen molar-refractivity contribution in [2.24, 2.45) is 17.8 Å². The maximum atomic E-state index is 14.1. The molecule has 1 spiro atoms. The van der Waals surface area contributed by atoms with Gasteiger partial charge < -0.3 is 9.84 Å². The van der Waals surface area contributed by atoms with Crippen molar-refractivity contribution in [2.75, 3.05) is 19.6 Å². The summed E-state index contributed by atoms with van der Waals surface area (Å²) in [6.45, 7) is 6.70. The Morgan fingerprint density at radius 3 is 2.66 bits per heavy atom. The molecule has 3 fully saturated rings. The van der Waals surface area contributed by atoms with E-state index in [1.807, 2.05) is 34.6 Å². The number of ether oxygens (including phenoxy) is 1. The summed E-state index contributed by atoms with van der Waals surface area (Å²) in [7, 11) is -3.55. The lowest BCUT2D eigenvalue weighted by molar-refractivity contribution is -0.0787. The van der Waals surface area contributed by atoms with Crippen LogP contribution < -0.4 is 4.74 Å². The average molecular weight is 537 g/mol. The zero-order chi connectivity index (χ0) is 26.2. The van der Waals surface area contributed by atoms with Crippen molar-refractivity contribution >= 4 is 10.0 Å². The molecule has 0 amide bonds. The summed E-state index contributed by atoms with van der Waals surface area (Å²) < 4.78 is 36.9. The van der Waals surface area contributed by atoms with Gasteiger partial charge in [-0.1, -0.05) is 56.3 Å². The molecule has 38 heavy (non-hydrogen) atoms. The molecule has 2 aromatic carbocycles. The van der Waals surface area contributed by atoms with E-state index in [2.05, 4.69) is 36.9 Å². The van der Waals surface area contributed by atoms with Gasteiger partial charge in [0.2, 0.25) is 10.0 Å². The lowest BCUT2D eigenvalue weighted by atomic mass is 9.51. The van der Waals surface area contributed by atoms with Gasteiger partial charge in [-0.05, 0) is 67.7 Å². The molecule has 0 aromatic heterocycles. The second-order valence-corrected chi connectivity index (χ2v) is 14.8. The second kappa shape index (κ2) is 9.05. The normalized spacial score (nSPS) is 35.3. The number of likely N-dealkylation sites (tertiary alicyclic amines) is 1. The molecule has 5 aliphatic rings. The van der Waals surface area contributed by atoms with E-state index >= 15 is 0 Å². The molecule has 2 heterocycles. The van der Waals surface area contributed by atoms with Crippen molar-refractivity contribution in [3.8, 4) is 5.75 Å². The van der Waals surface area contributed by atoms with Crippen molar-refractivity contribution in [1.82, 2.24) is 9.21 Å². The van der Waals surface area contributed by atoms with E-state index in [-0.39, 0.29) is 35.3 Å². The van der Waals surface area contributed by atoms with E-state index < -0.39 is 10.0 Å². The summed E-state index contributed by atoms with van der Waals surface area (Å²) in [5.41, 5.74) is 3.47. The number of hydrogen-bond donors (Lipinski definition) is 1. The fraction of sp³-hybridized carbons (Fsp3) is 0.613. The summed E-state index contributed by atoms with van der Waals surface area (Å²) in [6.07, 6.45) is 4.51. The average Bonchev–Trinajstić information content (AvgIpc) is 3.47. The Balaban J connectivity index is 1.27. The van der Waals surface area contributed by atoms with Gasteiger partial charge in [-0.25, -0.2) is 8.42 Å². The molecule has 2 bridgehead atoms. The van der Waals surface area contributed by atoms with Gasteiger partial charge in [0.15, 0.2) is 0 Å². The number of aliphatic hydroxyl groups excluding tert-OH is 1. The van der Waals surface area contributed by atoms with Crippen LogP contribution in [0.3, 0.4) is 0 Å². The Hall–Kier alpha value is -1.93. The van der Waals surface area contributed by atoms with Gasteiger partial charge in [0.05, 0.1) is 17.9 Å². The van der Waals surface area contributed by atoms with Crippen LogP contribution in [-0.2, 0) is 27.6 Å². The van der Waals surface area contributed by atoms with Gasteiger partial charge >= 0.3 is 0 Å². The summed E-state index contributed by atoms with van der Waals surface area (Å²) in [5.74, 6) is 2.11. The van der Waals surface area contributed by atoms with Crippen molar-refractivity contribution in [3.05, 3.63) is 65.2 Å². The molecule has 7 heteroatoms. The van der Waals surface area contributed by atoms with Crippen molar-refractivity contribution in [2.45, 2.75) is 81.4 Å². The monoisotopic (exact) mass is 536 g/mol. The van der Waals surface area contributed by atoms with Crippen LogP contribution in [0.1, 0.15) is 56.2 Å². The first-order valence-corrected chi connectivity index (χ1v) is 16.1. The largest absolute Gasteiger partial charge is 0.487 e. The third-order valence-corrected chi connectivity index (χ3v) is 12.0. The van der Waals surface area contributed by atoms with Gasteiger partial charge in [0.1, 0.15) is 11.9 Å². The van der Waals surface area contributed by atoms with Crippen LogP contribution in [0.4, 0.5) is 0 Å². The van der Waals surface area contributed by atoms with Gasteiger partial charge in [-0.3, -0.25) is 4.90 Å². The van der Waals surface area contributed by atoms with Gasteiger partial charge in [-0.15, -0.1) is 0 Å². The highest BCUT2D eigenvalue weighted by atomic mass is 32.2. The highest BCUT2D eigenvalue weighted by molar-refractivity contribution is 7.88. The Kier molecular flexibility index (Phi) is 5.97. The Morgan fingerprint density at radius 2 is 1.92 bits per heavy atom. The van der Waals surface area contributed by atoms with Crippen molar-refractivity contribution < 1.29 is 18.3 Å². The molecule has 2 saturated carbocycles. The molecule has 6 nitrogen and oxygen atoms in total. The summed E-state index contributed by atoms with van der Waals surface area (Å²) in [5, 5.41) is 10.1. The predicted molar refractivity (Wildman–Crippen MR) is 147 cm³/mol. The number of rotatable bonds is 8. The van der Waals surface area contributed by atoms with E-state index in [1.165, 1.54) is 11.1 Å². The molecule has 1 saturated heterocycles. The molecular weight excluding hydrogens is 496 g/mol. The second-order valence-electron chi connectivity index (χ2n) is 12.9. The van der Waals surface area contributed by atoms with Crippen molar-refractivity contribution in [1.29, 1.82) is 0 Å². The summed E-state index contributed by atoms with van der Waals surface area (Å²) in [4.78, 5) is 2.65. The number of nitrogens with zero attached hydrogens (tertiary/aromatic N) is 2. The van der Waals surface area contributed by atoms with Gasteiger partial charge in [0.25, 0.3) is 0 Å². The highest BCUT2D eigenvalue weighted by Crippen LogP contribution is 2.63. The van der Waals surface area contributed by atoms with E-state index in [0.29, 0.717) is 24.4 Å². The number of aliphatic hydroxyl groups is 1. The maximum absolute atomic E-state index is 14.1. The first kappa shape index (κ1) is 25.1. The fourth-order valence-electron chi connectivity index (χ4n) is 8.50. The Labute approximate surface area is 227 Å². The minimum Gasteiger partial charge on any atom is -0.487 e.